The number of carbonyl (C=O) groups excluding carboxylic acids is 2. The average Bonchev–Trinajstić information content (AvgIpc) is 2.15. The summed E-state index contributed by atoms with van der Waals surface area (Å²) in [6.07, 6.45) is 1.02. The van der Waals surface area contributed by atoms with E-state index in [0.29, 0.717) is 0 Å². The number of urea groups is 1. The Morgan fingerprint density at radius 2 is 2.00 bits per heavy atom. The molecule has 7 heteroatoms. The molecule has 0 aromatic heterocycles. The molecule has 0 bridgehead atoms. The Bertz CT molecular complexity index is 303. The molecule has 0 rings (SSSR count). The monoisotopic (exact) mass is 229 g/mol. The summed E-state index contributed by atoms with van der Waals surface area (Å²) in [5.74, 6) is -2.12. The minimum Gasteiger partial charge on any atom is -0.480 e. The van der Waals surface area contributed by atoms with E-state index >= 15 is 0 Å². The maximum absolute atomic E-state index is 11.2. The summed E-state index contributed by atoms with van der Waals surface area (Å²) < 4.78 is 0. The van der Waals surface area contributed by atoms with Crippen LogP contribution in [0.15, 0.2) is 12.7 Å². The molecule has 2 atom stereocenters. The van der Waals surface area contributed by atoms with Gasteiger partial charge in [0.2, 0.25) is 5.91 Å². The molecule has 5 N–H and O–H groups in total. The van der Waals surface area contributed by atoms with Crippen LogP contribution in [0.2, 0.25) is 0 Å². The van der Waals surface area contributed by atoms with Crippen molar-refractivity contribution in [2.24, 2.45) is 5.73 Å². The van der Waals surface area contributed by atoms with Gasteiger partial charge >= 0.3 is 12.0 Å². The lowest BCUT2D eigenvalue weighted by Crippen LogP contribution is -2.49. The molecule has 0 aliphatic heterocycles. The van der Waals surface area contributed by atoms with Crippen molar-refractivity contribution in [2.75, 3.05) is 0 Å². The first kappa shape index (κ1) is 13.9. The second kappa shape index (κ2) is 6.44. The van der Waals surface area contributed by atoms with Gasteiger partial charge in [0.05, 0.1) is 6.42 Å². The number of amides is 3. The van der Waals surface area contributed by atoms with Crippen LogP contribution in [-0.2, 0) is 9.59 Å². The third kappa shape index (κ3) is 5.63. The van der Waals surface area contributed by atoms with Crippen molar-refractivity contribution in [2.45, 2.75) is 25.4 Å². The number of aliphatic carboxylic acids is 1. The molecule has 1 unspecified atom stereocenters. The highest BCUT2D eigenvalue weighted by atomic mass is 16.4. The first-order valence-corrected chi connectivity index (χ1v) is 4.57. The Balaban J connectivity index is 4.29. The zero-order valence-corrected chi connectivity index (χ0v) is 8.90. The van der Waals surface area contributed by atoms with Crippen LogP contribution in [0.3, 0.4) is 0 Å². The Kier molecular flexibility index (Phi) is 5.61. The predicted octanol–water partition coefficient (Wildman–Crippen LogP) is -0.811. The molecule has 0 saturated heterocycles. The van der Waals surface area contributed by atoms with Crippen LogP contribution in [0, 0.1) is 0 Å². The van der Waals surface area contributed by atoms with Gasteiger partial charge in [0.1, 0.15) is 6.04 Å². The van der Waals surface area contributed by atoms with E-state index < -0.39 is 30.4 Å². The molecule has 0 saturated carbocycles. The molecule has 0 heterocycles. The van der Waals surface area contributed by atoms with E-state index in [4.69, 9.17) is 10.8 Å². The van der Waals surface area contributed by atoms with Crippen LogP contribution < -0.4 is 16.4 Å². The van der Waals surface area contributed by atoms with Crippen molar-refractivity contribution in [3.8, 4) is 0 Å². The zero-order chi connectivity index (χ0) is 12.7. The maximum atomic E-state index is 11.2. The maximum Gasteiger partial charge on any atom is 0.326 e. The van der Waals surface area contributed by atoms with Gasteiger partial charge in [-0.3, -0.25) is 4.79 Å². The number of hydrogen-bond acceptors (Lipinski definition) is 3. The van der Waals surface area contributed by atoms with Gasteiger partial charge in [-0.15, -0.1) is 6.58 Å². The number of carboxylic acids is 1. The number of hydrogen-bond donors (Lipinski definition) is 4. The van der Waals surface area contributed by atoms with Gasteiger partial charge in [-0.1, -0.05) is 6.08 Å². The van der Waals surface area contributed by atoms with E-state index in [0.717, 1.165) is 0 Å². The van der Waals surface area contributed by atoms with E-state index in [1.807, 2.05) is 0 Å². The van der Waals surface area contributed by atoms with Crippen molar-refractivity contribution in [1.82, 2.24) is 10.6 Å². The molecule has 16 heavy (non-hydrogen) atoms. The molecule has 0 aliphatic rings. The lowest BCUT2D eigenvalue weighted by Gasteiger charge is -2.15. The van der Waals surface area contributed by atoms with E-state index in [1.54, 1.807) is 6.92 Å². The van der Waals surface area contributed by atoms with Gasteiger partial charge in [0.15, 0.2) is 0 Å². The highest BCUT2D eigenvalue weighted by molar-refractivity contribution is 5.87. The van der Waals surface area contributed by atoms with Gasteiger partial charge in [-0.2, -0.15) is 0 Å². The second-order valence-corrected chi connectivity index (χ2v) is 3.20. The van der Waals surface area contributed by atoms with Crippen molar-refractivity contribution in [1.29, 1.82) is 0 Å². The summed E-state index contributed by atoms with van der Waals surface area (Å²) in [5.41, 5.74) is 4.84. The van der Waals surface area contributed by atoms with Crippen LogP contribution >= 0.6 is 0 Å². The summed E-state index contributed by atoms with van der Waals surface area (Å²) >= 11 is 0. The van der Waals surface area contributed by atoms with E-state index in [1.165, 1.54) is 6.08 Å². The molecular weight excluding hydrogens is 214 g/mol. The summed E-state index contributed by atoms with van der Waals surface area (Å²) in [6, 6.07) is -2.32. The Hall–Kier alpha value is -2.05. The predicted molar refractivity (Wildman–Crippen MR) is 56.6 cm³/mol. The number of carbonyl (C=O) groups is 3. The highest BCUT2D eigenvalue weighted by Gasteiger charge is 2.22. The summed E-state index contributed by atoms with van der Waals surface area (Å²) in [6.45, 7) is 5.11. The van der Waals surface area contributed by atoms with Crippen molar-refractivity contribution >= 4 is 17.9 Å². The lowest BCUT2D eigenvalue weighted by molar-refractivity contribution is -0.140. The molecular formula is C9H15N3O4. The van der Waals surface area contributed by atoms with E-state index in [-0.39, 0.29) is 6.04 Å². The minimum atomic E-state index is -1.32. The Morgan fingerprint density at radius 1 is 1.44 bits per heavy atom. The van der Waals surface area contributed by atoms with Crippen LogP contribution in [0.1, 0.15) is 13.3 Å². The van der Waals surface area contributed by atoms with Crippen LogP contribution in [0.4, 0.5) is 4.79 Å². The fraction of sp³-hybridized carbons (Fsp3) is 0.444. The van der Waals surface area contributed by atoms with E-state index in [9.17, 15) is 14.4 Å². The average molecular weight is 229 g/mol. The highest BCUT2D eigenvalue weighted by Crippen LogP contribution is 1.92. The summed E-state index contributed by atoms with van der Waals surface area (Å²) in [7, 11) is 0. The molecule has 0 radical (unpaired) electrons. The number of rotatable bonds is 6. The topological polar surface area (TPSA) is 122 Å². The van der Waals surface area contributed by atoms with Gasteiger partial charge < -0.3 is 21.5 Å². The van der Waals surface area contributed by atoms with Crippen LogP contribution in [-0.4, -0.2) is 35.1 Å². The van der Waals surface area contributed by atoms with Gasteiger partial charge in [-0.05, 0) is 6.92 Å². The Labute approximate surface area is 92.7 Å². The third-order valence-corrected chi connectivity index (χ3v) is 1.72. The van der Waals surface area contributed by atoms with Crippen molar-refractivity contribution < 1.29 is 19.5 Å². The van der Waals surface area contributed by atoms with E-state index in [2.05, 4.69) is 17.2 Å². The first-order valence-electron chi connectivity index (χ1n) is 4.57. The molecule has 7 nitrogen and oxygen atoms in total. The second-order valence-electron chi connectivity index (χ2n) is 3.20. The van der Waals surface area contributed by atoms with Crippen LogP contribution in [0.5, 0.6) is 0 Å². The van der Waals surface area contributed by atoms with Gasteiger partial charge in [-0.25, -0.2) is 9.59 Å². The normalized spacial score (nSPS) is 13.3. The largest absolute Gasteiger partial charge is 0.480 e. The smallest absolute Gasteiger partial charge is 0.326 e. The lowest BCUT2D eigenvalue weighted by atomic mass is 10.2. The number of carboxylic acid groups (broad SMARTS) is 1. The molecule has 90 valence electrons. The molecule has 3 amide bonds. The first-order chi connectivity index (χ1) is 7.36. The molecule has 0 fully saturated rings. The fourth-order valence-corrected chi connectivity index (χ4v) is 0.867. The summed E-state index contributed by atoms with van der Waals surface area (Å²) in [5, 5.41) is 13.2. The van der Waals surface area contributed by atoms with Crippen molar-refractivity contribution in [3.63, 3.8) is 0 Å². The SMILES string of the molecule is C=CC(C)NC(=O)N[C@@H](CC(N)=O)C(=O)O. The van der Waals surface area contributed by atoms with Gasteiger partial charge in [0.25, 0.3) is 0 Å². The molecule has 0 spiro atoms. The quantitative estimate of drug-likeness (QED) is 0.445. The standard InChI is InChI=1S/C9H15N3O4/c1-3-5(2)11-9(16)12-6(8(14)15)4-7(10)13/h3,5-6H,1,4H2,2H3,(H2,10,13)(H,14,15)(H2,11,12,16)/t5?,6-/m0/s1. The van der Waals surface area contributed by atoms with Gasteiger partial charge in [0, 0.05) is 6.04 Å². The zero-order valence-electron chi connectivity index (χ0n) is 8.90. The number of primary amides is 1. The minimum absolute atomic E-state index is 0.303. The fourth-order valence-electron chi connectivity index (χ4n) is 0.867. The molecule has 0 aliphatic carbocycles. The van der Waals surface area contributed by atoms with Crippen molar-refractivity contribution in [3.05, 3.63) is 12.7 Å². The number of nitrogens with two attached hydrogens (primary N) is 1. The third-order valence-electron chi connectivity index (χ3n) is 1.72. The molecule has 0 aromatic carbocycles. The number of nitrogens with one attached hydrogen (secondary N) is 2. The summed E-state index contributed by atoms with van der Waals surface area (Å²) in [4.78, 5) is 32.4. The Morgan fingerprint density at radius 3 is 2.38 bits per heavy atom. The molecule has 0 aromatic rings. The van der Waals surface area contributed by atoms with Crippen LogP contribution in [0.25, 0.3) is 0 Å².